The molecule has 0 saturated carbocycles. The Balaban J connectivity index is 2.56. The highest BCUT2D eigenvalue weighted by atomic mass is 19.1. The number of hydrogen-bond acceptors (Lipinski definition) is 1. The second-order valence-electron chi connectivity index (χ2n) is 4.33. The Morgan fingerprint density at radius 2 is 1.81 bits per heavy atom. The zero-order valence-corrected chi connectivity index (χ0v) is 10.5. The molecular formula is C14H22FN. The van der Waals surface area contributed by atoms with Gasteiger partial charge in [-0.25, -0.2) is 4.39 Å². The van der Waals surface area contributed by atoms with Crippen LogP contribution < -0.4 is 5.32 Å². The van der Waals surface area contributed by atoms with Gasteiger partial charge < -0.3 is 5.32 Å². The molecule has 1 rings (SSSR count). The van der Waals surface area contributed by atoms with E-state index < -0.39 is 0 Å². The Bertz CT molecular complexity index is 294. The standard InChI is InChI=1S/C14H22FN/c1-4-6-14(5-2)16-11(3)12-7-9-13(15)10-8-12/h7-11,14,16H,4-6H2,1-3H3/t11-,14?/m0/s1. The first-order valence-electron chi connectivity index (χ1n) is 6.18. The van der Waals surface area contributed by atoms with Crippen LogP contribution in [0.3, 0.4) is 0 Å². The maximum Gasteiger partial charge on any atom is 0.123 e. The van der Waals surface area contributed by atoms with Crippen LogP contribution in [0.25, 0.3) is 0 Å². The topological polar surface area (TPSA) is 12.0 Å². The first kappa shape index (κ1) is 13.2. The molecule has 0 fully saturated rings. The van der Waals surface area contributed by atoms with Gasteiger partial charge in [-0.05, 0) is 37.5 Å². The Morgan fingerprint density at radius 1 is 1.19 bits per heavy atom. The molecule has 0 aliphatic rings. The fourth-order valence-corrected chi connectivity index (χ4v) is 1.96. The van der Waals surface area contributed by atoms with Crippen LogP contribution in [-0.2, 0) is 0 Å². The van der Waals surface area contributed by atoms with E-state index in [1.165, 1.54) is 25.0 Å². The minimum absolute atomic E-state index is 0.170. The highest BCUT2D eigenvalue weighted by molar-refractivity contribution is 5.19. The van der Waals surface area contributed by atoms with Gasteiger partial charge in [0.15, 0.2) is 0 Å². The Morgan fingerprint density at radius 3 is 2.31 bits per heavy atom. The Kier molecular flexibility index (Phi) is 5.47. The first-order chi connectivity index (χ1) is 7.67. The molecule has 0 aliphatic carbocycles. The minimum atomic E-state index is -0.170. The van der Waals surface area contributed by atoms with Crippen LogP contribution in [-0.4, -0.2) is 6.04 Å². The molecule has 90 valence electrons. The van der Waals surface area contributed by atoms with Crippen molar-refractivity contribution in [1.29, 1.82) is 0 Å². The van der Waals surface area contributed by atoms with Gasteiger partial charge in [-0.15, -0.1) is 0 Å². The monoisotopic (exact) mass is 223 g/mol. The summed E-state index contributed by atoms with van der Waals surface area (Å²) in [5.74, 6) is -0.170. The summed E-state index contributed by atoms with van der Waals surface area (Å²) in [6.45, 7) is 6.53. The van der Waals surface area contributed by atoms with E-state index in [-0.39, 0.29) is 11.9 Å². The van der Waals surface area contributed by atoms with Crippen LogP contribution in [0.4, 0.5) is 4.39 Å². The summed E-state index contributed by atoms with van der Waals surface area (Å²) in [7, 11) is 0. The molecule has 0 spiro atoms. The van der Waals surface area contributed by atoms with Gasteiger partial charge in [0.25, 0.3) is 0 Å². The lowest BCUT2D eigenvalue weighted by Crippen LogP contribution is -2.30. The van der Waals surface area contributed by atoms with E-state index in [1.807, 2.05) is 12.1 Å². The van der Waals surface area contributed by atoms with Crippen molar-refractivity contribution in [1.82, 2.24) is 5.32 Å². The minimum Gasteiger partial charge on any atom is -0.307 e. The summed E-state index contributed by atoms with van der Waals surface area (Å²) in [4.78, 5) is 0. The molecule has 0 aromatic heterocycles. The predicted octanol–water partition coefficient (Wildman–Crippen LogP) is 4.06. The van der Waals surface area contributed by atoms with Gasteiger partial charge in [-0.1, -0.05) is 32.4 Å². The van der Waals surface area contributed by atoms with Gasteiger partial charge >= 0.3 is 0 Å². The van der Waals surface area contributed by atoms with Crippen LogP contribution in [0.2, 0.25) is 0 Å². The maximum absolute atomic E-state index is 12.8. The van der Waals surface area contributed by atoms with Crippen molar-refractivity contribution in [2.24, 2.45) is 0 Å². The smallest absolute Gasteiger partial charge is 0.123 e. The fraction of sp³-hybridized carbons (Fsp3) is 0.571. The van der Waals surface area contributed by atoms with E-state index in [2.05, 4.69) is 26.1 Å². The van der Waals surface area contributed by atoms with Gasteiger partial charge in [0.1, 0.15) is 5.82 Å². The molecule has 0 heterocycles. The summed E-state index contributed by atoms with van der Waals surface area (Å²) in [5.41, 5.74) is 1.15. The molecule has 0 amide bonds. The third-order valence-electron chi connectivity index (χ3n) is 2.99. The van der Waals surface area contributed by atoms with Crippen molar-refractivity contribution in [2.75, 3.05) is 0 Å². The number of nitrogens with one attached hydrogen (secondary N) is 1. The SMILES string of the molecule is CCCC(CC)N[C@@H](C)c1ccc(F)cc1. The highest BCUT2D eigenvalue weighted by Gasteiger charge is 2.10. The van der Waals surface area contributed by atoms with E-state index in [0.717, 1.165) is 12.0 Å². The van der Waals surface area contributed by atoms with Gasteiger partial charge in [0.05, 0.1) is 0 Å². The molecule has 1 unspecified atom stereocenters. The Hall–Kier alpha value is -0.890. The average molecular weight is 223 g/mol. The molecule has 1 aromatic rings. The van der Waals surface area contributed by atoms with E-state index in [0.29, 0.717) is 6.04 Å². The van der Waals surface area contributed by atoms with Crippen LogP contribution in [0.5, 0.6) is 0 Å². The van der Waals surface area contributed by atoms with Crippen LogP contribution in [0.15, 0.2) is 24.3 Å². The molecule has 0 aliphatic heterocycles. The van der Waals surface area contributed by atoms with Crippen molar-refractivity contribution in [3.8, 4) is 0 Å². The third kappa shape index (κ3) is 3.93. The molecular weight excluding hydrogens is 201 g/mol. The quantitative estimate of drug-likeness (QED) is 0.767. The summed E-state index contributed by atoms with van der Waals surface area (Å²) < 4.78 is 12.8. The maximum atomic E-state index is 12.8. The summed E-state index contributed by atoms with van der Waals surface area (Å²) >= 11 is 0. The lowest BCUT2D eigenvalue weighted by Gasteiger charge is -2.22. The predicted molar refractivity (Wildman–Crippen MR) is 66.9 cm³/mol. The number of hydrogen-bond donors (Lipinski definition) is 1. The molecule has 0 radical (unpaired) electrons. The molecule has 1 aromatic carbocycles. The van der Waals surface area contributed by atoms with E-state index >= 15 is 0 Å². The van der Waals surface area contributed by atoms with E-state index in [4.69, 9.17) is 0 Å². The van der Waals surface area contributed by atoms with Crippen molar-refractivity contribution in [3.63, 3.8) is 0 Å². The fourth-order valence-electron chi connectivity index (χ4n) is 1.96. The lowest BCUT2D eigenvalue weighted by molar-refractivity contribution is 0.417. The summed E-state index contributed by atoms with van der Waals surface area (Å²) in [5, 5.41) is 3.58. The molecule has 1 N–H and O–H groups in total. The zero-order valence-electron chi connectivity index (χ0n) is 10.5. The van der Waals surface area contributed by atoms with Crippen LogP contribution >= 0.6 is 0 Å². The third-order valence-corrected chi connectivity index (χ3v) is 2.99. The van der Waals surface area contributed by atoms with Crippen LogP contribution in [0.1, 0.15) is 51.6 Å². The van der Waals surface area contributed by atoms with Gasteiger partial charge in [0.2, 0.25) is 0 Å². The largest absolute Gasteiger partial charge is 0.307 e. The molecule has 0 saturated heterocycles. The second-order valence-corrected chi connectivity index (χ2v) is 4.33. The van der Waals surface area contributed by atoms with Crippen molar-refractivity contribution in [3.05, 3.63) is 35.6 Å². The van der Waals surface area contributed by atoms with Gasteiger partial charge in [-0.2, -0.15) is 0 Å². The van der Waals surface area contributed by atoms with Crippen molar-refractivity contribution >= 4 is 0 Å². The number of rotatable bonds is 6. The number of benzene rings is 1. The highest BCUT2D eigenvalue weighted by Crippen LogP contribution is 2.15. The molecule has 2 heteroatoms. The summed E-state index contributed by atoms with van der Waals surface area (Å²) in [6, 6.07) is 7.60. The van der Waals surface area contributed by atoms with Crippen molar-refractivity contribution < 1.29 is 4.39 Å². The second kappa shape index (κ2) is 6.64. The lowest BCUT2D eigenvalue weighted by atomic mass is 10.0. The summed E-state index contributed by atoms with van der Waals surface area (Å²) in [6.07, 6.45) is 3.53. The number of halogens is 1. The van der Waals surface area contributed by atoms with Gasteiger partial charge in [-0.3, -0.25) is 0 Å². The Labute approximate surface area is 98.1 Å². The molecule has 0 bridgehead atoms. The van der Waals surface area contributed by atoms with Crippen LogP contribution in [0, 0.1) is 5.82 Å². The average Bonchev–Trinajstić information content (AvgIpc) is 2.29. The van der Waals surface area contributed by atoms with Gasteiger partial charge in [0, 0.05) is 12.1 Å². The van der Waals surface area contributed by atoms with E-state index in [1.54, 1.807) is 0 Å². The molecule has 2 atom stereocenters. The molecule has 1 nitrogen and oxygen atoms in total. The zero-order chi connectivity index (χ0) is 12.0. The van der Waals surface area contributed by atoms with E-state index in [9.17, 15) is 4.39 Å². The van der Waals surface area contributed by atoms with Crippen molar-refractivity contribution in [2.45, 2.75) is 52.1 Å². The first-order valence-corrected chi connectivity index (χ1v) is 6.18. The molecule has 16 heavy (non-hydrogen) atoms. The normalized spacial score (nSPS) is 14.8.